The molecule has 1 aromatic carbocycles. The second-order valence-corrected chi connectivity index (χ2v) is 3.66. The van der Waals surface area contributed by atoms with Crippen molar-refractivity contribution in [3.63, 3.8) is 0 Å². The summed E-state index contributed by atoms with van der Waals surface area (Å²) in [5.74, 6) is 0. The smallest absolute Gasteiger partial charge is 0.0813 e. The molecule has 0 saturated carbocycles. The van der Waals surface area contributed by atoms with Gasteiger partial charge in [0.2, 0.25) is 0 Å². The summed E-state index contributed by atoms with van der Waals surface area (Å²) in [6.07, 6.45) is 4.04. The van der Waals surface area contributed by atoms with Crippen LogP contribution < -0.4 is 0 Å². The van der Waals surface area contributed by atoms with Crippen molar-refractivity contribution in [2.45, 2.75) is 32.3 Å². The minimum Gasteiger partial charge on any atom is -0.373 e. The fourth-order valence-electron chi connectivity index (χ4n) is 1.50. The zero-order valence-corrected chi connectivity index (χ0v) is 8.12. The molecule has 0 aliphatic carbocycles. The SMILES string of the molecule is CCc1ccc(CCC2CO2)cc1. The summed E-state index contributed by atoms with van der Waals surface area (Å²) in [4.78, 5) is 0. The number of benzene rings is 1. The summed E-state index contributed by atoms with van der Waals surface area (Å²) in [5.41, 5.74) is 2.86. The van der Waals surface area contributed by atoms with Gasteiger partial charge in [-0.3, -0.25) is 0 Å². The van der Waals surface area contributed by atoms with Crippen LogP contribution in [0.3, 0.4) is 0 Å². The van der Waals surface area contributed by atoms with Gasteiger partial charge < -0.3 is 4.74 Å². The first-order valence-electron chi connectivity index (χ1n) is 5.08. The van der Waals surface area contributed by atoms with Gasteiger partial charge in [0.05, 0.1) is 12.7 Å². The van der Waals surface area contributed by atoms with Crippen LogP contribution in [0.25, 0.3) is 0 Å². The largest absolute Gasteiger partial charge is 0.373 e. The molecular weight excluding hydrogens is 160 g/mol. The number of hydrogen-bond donors (Lipinski definition) is 0. The van der Waals surface area contributed by atoms with Crippen molar-refractivity contribution in [2.24, 2.45) is 0 Å². The molecule has 1 nitrogen and oxygen atoms in total. The van der Waals surface area contributed by atoms with E-state index in [1.165, 1.54) is 17.5 Å². The predicted molar refractivity (Wildman–Crippen MR) is 53.9 cm³/mol. The number of hydrogen-bond acceptors (Lipinski definition) is 1. The highest BCUT2D eigenvalue weighted by Crippen LogP contribution is 2.17. The van der Waals surface area contributed by atoms with Crippen molar-refractivity contribution >= 4 is 0 Å². The van der Waals surface area contributed by atoms with E-state index in [0.717, 1.165) is 19.4 Å². The third kappa shape index (κ3) is 2.56. The van der Waals surface area contributed by atoms with E-state index in [4.69, 9.17) is 4.74 Å². The molecule has 1 aliphatic rings. The van der Waals surface area contributed by atoms with Crippen molar-refractivity contribution in [3.8, 4) is 0 Å². The second kappa shape index (κ2) is 3.93. The fraction of sp³-hybridized carbons (Fsp3) is 0.500. The normalized spacial score (nSPS) is 20.2. The molecule has 1 aliphatic heterocycles. The highest BCUT2D eigenvalue weighted by molar-refractivity contribution is 5.22. The summed E-state index contributed by atoms with van der Waals surface area (Å²) in [7, 11) is 0. The van der Waals surface area contributed by atoms with Gasteiger partial charge in [-0.1, -0.05) is 31.2 Å². The highest BCUT2D eigenvalue weighted by atomic mass is 16.6. The number of epoxide rings is 1. The maximum Gasteiger partial charge on any atom is 0.0813 e. The highest BCUT2D eigenvalue weighted by Gasteiger charge is 2.21. The Labute approximate surface area is 79.7 Å². The van der Waals surface area contributed by atoms with Crippen molar-refractivity contribution in [1.82, 2.24) is 0 Å². The van der Waals surface area contributed by atoms with Crippen LogP contribution in [-0.4, -0.2) is 12.7 Å². The van der Waals surface area contributed by atoms with E-state index in [9.17, 15) is 0 Å². The quantitative estimate of drug-likeness (QED) is 0.642. The first kappa shape index (κ1) is 8.76. The molecule has 1 atom stereocenters. The van der Waals surface area contributed by atoms with E-state index in [0.29, 0.717) is 6.10 Å². The molecule has 0 aromatic heterocycles. The Morgan fingerprint density at radius 3 is 2.38 bits per heavy atom. The second-order valence-electron chi connectivity index (χ2n) is 3.66. The molecule has 0 N–H and O–H groups in total. The van der Waals surface area contributed by atoms with Gasteiger partial charge in [-0.15, -0.1) is 0 Å². The lowest BCUT2D eigenvalue weighted by molar-refractivity contribution is 0.397. The third-order valence-electron chi connectivity index (χ3n) is 2.59. The molecule has 1 heterocycles. The maximum atomic E-state index is 5.18. The number of ether oxygens (including phenoxy) is 1. The Hall–Kier alpha value is -0.820. The standard InChI is InChI=1S/C12H16O/c1-2-10-3-5-11(6-4-10)7-8-12-9-13-12/h3-6,12H,2,7-9H2,1H3. The molecule has 1 unspecified atom stereocenters. The lowest BCUT2D eigenvalue weighted by Crippen LogP contribution is -1.91. The molecule has 0 bridgehead atoms. The predicted octanol–water partition coefficient (Wildman–Crippen LogP) is 2.58. The average molecular weight is 176 g/mol. The lowest BCUT2D eigenvalue weighted by atomic mass is 10.1. The van der Waals surface area contributed by atoms with Crippen LogP contribution in [-0.2, 0) is 17.6 Å². The van der Waals surface area contributed by atoms with Crippen molar-refractivity contribution in [3.05, 3.63) is 35.4 Å². The molecule has 1 aromatic rings. The lowest BCUT2D eigenvalue weighted by Gasteiger charge is -2.00. The van der Waals surface area contributed by atoms with E-state index < -0.39 is 0 Å². The molecule has 1 heteroatoms. The Kier molecular flexibility index (Phi) is 2.65. The van der Waals surface area contributed by atoms with Crippen LogP contribution in [0.4, 0.5) is 0 Å². The van der Waals surface area contributed by atoms with Gasteiger partial charge in [0.25, 0.3) is 0 Å². The van der Waals surface area contributed by atoms with Crippen LogP contribution in [0.2, 0.25) is 0 Å². The van der Waals surface area contributed by atoms with Crippen molar-refractivity contribution < 1.29 is 4.74 Å². The summed E-state index contributed by atoms with van der Waals surface area (Å²) < 4.78 is 5.18. The van der Waals surface area contributed by atoms with Gasteiger partial charge in [0, 0.05) is 0 Å². The van der Waals surface area contributed by atoms with Crippen molar-refractivity contribution in [1.29, 1.82) is 0 Å². The van der Waals surface area contributed by atoms with E-state index in [1.54, 1.807) is 0 Å². The van der Waals surface area contributed by atoms with Gasteiger partial charge in [0.1, 0.15) is 0 Å². The van der Waals surface area contributed by atoms with Crippen LogP contribution in [0.5, 0.6) is 0 Å². The van der Waals surface area contributed by atoms with Gasteiger partial charge >= 0.3 is 0 Å². The van der Waals surface area contributed by atoms with Gasteiger partial charge in [-0.2, -0.15) is 0 Å². The fourth-order valence-corrected chi connectivity index (χ4v) is 1.50. The Morgan fingerprint density at radius 2 is 1.85 bits per heavy atom. The zero-order valence-electron chi connectivity index (χ0n) is 8.12. The molecule has 13 heavy (non-hydrogen) atoms. The monoisotopic (exact) mass is 176 g/mol. The molecule has 1 saturated heterocycles. The minimum absolute atomic E-state index is 0.561. The summed E-state index contributed by atoms with van der Waals surface area (Å²) in [6, 6.07) is 8.93. The van der Waals surface area contributed by atoms with E-state index in [1.807, 2.05) is 0 Å². The first-order chi connectivity index (χ1) is 6.38. The zero-order chi connectivity index (χ0) is 9.10. The average Bonchev–Trinajstić information content (AvgIpc) is 2.99. The topological polar surface area (TPSA) is 12.5 Å². The number of aryl methyl sites for hydroxylation is 2. The van der Waals surface area contributed by atoms with Crippen LogP contribution in [0.15, 0.2) is 24.3 Å². The maximum absolute atomic E-state index is 5.18. The molecule has 0 amide bonds. The first-order valence-corrected chi connectivity index (χ1v) is 5.08. The van der Waals surface area contributed by atoms with E-state index in [-0.39, 0.29) is 0 Å². The van der Waals surface area contributed by atoms with Crippen molar-refractivity contribution in [2.75, 3.05) is 6.61 Å². The molecule has 0 radical (unpaired) electrons. The van der Waals surface area contributed by atoms with Crippen LogP contribution in [0, 0.1) is 0 Å². The van der Waals surface area contributed by atoms with E-state index >= 15 is 0 Å². The molecular formula is C12H16O. The molecule has 70 valence electrons. The molecule has 1 fully saturated rings. The number of rotatable bonds is 4. The van der Waals surface area contributed by atoms with Crippen LogP contribution >= 0.6 is 0 Å². The summed E-state index contributed by atoms with van der Waals surface area (Å²) in [5, 5.41) is 0. The Bertz CT molecular complexity index is 259. The van der Waals surface area contributed by atoms with E-state index in [2.05, 4.69) is 31.2 Å². The molecule has 0 spiro atoms. The third-order valence-corrected chi connectivity index (χ3v) is 2.59. The van der Waals surface area contributed by atoms with Crippen LogP contribution in [0.1, 0.15) is 24.5 Å². The Morgan fingerprint density at radius 1 is 1.23 bits per heavy atom. The van der Waals surface area contributed by atoms with Gasteiger partial charge in [-0.05, 0) is 30.4 Å². The summed E-state index contributed by atoms with van der Waals surface area (Å²) in [6.45, 7) is 3.17. The van der Waals surface area contributed by atoms with Gasteiger partial charge in [-0.25, -0.2) is 0 Å². The minimum atomic E-state index is 0.561. The Balaban J connectivity index is 1.88. The van der Waals surface area contributed by atoms with Gasteiger partial charge in [0.15, 0.2) is 0 Å². The molecule has 2 rings (SSSR count). The summed E-state index contributed by atoms with van der Waals surface area (Å²) >= 11 is 0.